The maximum absolute atomic E-state index is 11.7. The van der Waals surface area contributed by atoms with E-state index in [4.69, 9.17) is 0 Å². The fourth-order valence-corrected chi connectivity index (χ4v) is 3.16. The molecule has 0 spiro atoms. The Labute approximate surface area is 83.9 Å². The van der Waals surface area contributed by atoms with Gasteiger partial charge < -0.3 is 5.32 Å². The SMILES string of the molecule is CCC(C)C1CS(=O)C(C)CCN1. The first-order valence-electron chi connectivity index (χ1n) is 5.25. The van der Waals surface area contributed by atoms with Crippen molar-refractivity contribution in [2.45, 2.75) is 44.9 Å². The highest BCUT2D eigenvalue weighted by molar-refractivity contribution is 7.85. The molecule has 4 unspecified atom stereocenters. The van der Waals surface area contributed by atoms with E-state index in [1.807, 2.05) is 0 Å². The molecule has 78 valence electrons. The summed E-state index contributed by atoms with van der Waals surface area (Å²) >= 11 is 0. The van der Waals surface area contributed by atoms with Gasteiger partial charge in [-0.3, -0.25) is 4.21 Å². The second-order valence-corrected chi connectivity index (χ2v) is 5.99. The summed E-state index contributed by atoms with van der Waals surface area (Å²) in [4.78, 5) is 0. The van der Waals surface area contributed by atoms with Gasteiger partial charge in [-0.25, -0.2) is 0 Å². The summed E-state index contributed by atoms with van der Waals surface area (Å²) in [5.41, 5.74) is 0. The molecule has 0 aromatic rings. The lowest BCUT2D eigenvalue weighted by atomic mass is 10.0. The largest absolute Gasteiger partial charge is 0.313 e. The van der Waals surface area contributed by atoms with Crippen LogP contribution < -0.4 is 5.32 Å². The molecule has 0 aliphatic carbocycles. The zero-order valence-corrected chi connectivity index (χ0v) is 9.69. The van der Waals surface area contributed by atoms with Crippen LogP contribution in [0.3, 0.4) is 0 Å². The van der Waals surface area contributed by atoms with E-state index in [1.54, 1.807) is 0 Å². The van der Waals surface area contributed by atoms with Crippen molar-refractivity contribution in [1.29, 1.82) is 0 Å². The van der Waals surface area contributed by atoms with Crippen LogP contribution in [0.15, 0.2) is 0 Å². The van der Waals surface area contributed by atoms with Gasteiger partial charge in [0.05, 0.1) is 0 Å². The Morgan fingerprint density at radius 2 is 2.31 bits per heavy atom. The normalized spacial score (nSPS) is 38.2. The van der Waals surface area contributed by atoms with Crippen molar-refractivity contribution in [3.8, 4) is 0 Å². The molecular weight excluding hydrogens is 182 g/mol. The van der Waals surface area contributed by atoms with Gasteiger partial charge in [0.15, 0.2) is 0 Å². The zero-order valence-electron chi connectivity index (χ0n) is 8.88. The summed E-state index contributed by atoms with van der Waals surface area (Å²) < 4.78 is 11.7. The van der Waals surface area contributed by atoms with Gasteiger partial charge in [0, 0.05) is 27.8 Å². The fourth-order valence-electron chi connectivity index (χ4n) is 1.65. The number of hydrogen-bond donors (Lipinski definition) is 1. The Kier molecular flexibility index (Phi) is 4.39. The van der Waals surface area contributed by atoms with Crippen molar-refractivity contribution in [3.05, 3.63) is 0 Å². The van der Waals surface area contributed by atoms with E-state index in [0.717, 1.165) is 18.7 Å². The predicted octanol–water partition coefficient (Wildman–Crippen LogP) is 1.53. The smallest absolute Gasteiger partial charge is 0.0394 e. The van der Waals surface area contributed by atoms with Gasteiger partial charge in [-0.05, 0) is 18.9 Å². The van der Waals surface area contributed by atoms with Crippen LogP contribution in [0, 0.1) is 5.92 Å². The molecule has 0 aromatic heterocycles. The summed E-state index contributed by atoms with van der Waals surface area (Å²) in [6, 6.07) is 0.468. The summed E-state index contributed by atoms with van der Waals surface area (Å²) in [5.74, 6) is 1.49. The maximum Gasteiger partial charge on any atom is 0.0394 e. The van der Waals surface area contributed by atoms with Crippen molar-refractivity contribution in [1.82, 2.24) is 5.32 Å². The van der Waals surface area contributed by atoms with E-state index in [9.17, 15) is 4.21 Å². The van der Waals surface area contributed by atoms with Gasteiger partial charge in [-0.2, -0.15) is 0 Å². The Morgan fingerprint density at radius 3 is 2.92 bits per heavy atom. The van der Waals surface area contributed by atoms with E-state index in [1.165, 1.54) is 6.42 Å². The highest BCUT2D eigenvalue weighted by atomic mass is 32.2. The molecule has 13 heavy (non-hydrogen) atoms. The van der Waals surface area contributed by atoms with E-state index in [0.29, 0.717) is 17.2 Å². The van der Waals surface area contributed by atoms with Crippen molar-refractivity contribution < 1.29 is 4.21 Å². The van der Waals surface area contributed by atoms with Crippen LogP contribution in [0.1, 0.15) is 33.6 Å². The molecular formula is C10H21NOS. The molecule has 0 aromatic carbocycles. The van der Waals surface area contributed by atoms with Gasteiger partial charge in [-0.1, -0.05) is 27.2 Å². The first-order chi connectivity index (χ1) is 6.15. The van der Waals surface area contributed by atoms with Gasteiger partial charge >= 0.3 is 0 Å². The van der Waals surface area contributed by atoms with Gasteiger partial charge in [0.25, 0.3) is 0 Å². The Hall–Kier alpha value is 0.110. The molecule has 2 nitrogen and oxygen atoms in total. The molecule has 3 heteroatoms. The van der Waals surface area contributed by atoms with E-state index in [-0.39, 0.29) is 0 Å². The minimum absolute atomic E-state index is 0.376. The molecule has 1 saturated heterocycles. The monoisotopic (exact) mass is 203 g/mol. The van der Waals surface area contributed by atoms with Gasteiger partial charge in [0.1, 0.15) is 0 Å². The molecule has 1 heterocycles. The first kappa shape index (κ1) is 11.2. The second-order valence-electron chi connectivity index (χ2n) is 4.09. The van der Waals surface area contributed by atoms with Crippen molar-refractivity contribution >= 4 is 10.8 Å². The molecule has 1 N–H and O–H groups in total. The molecule has 1 rings (SSSR count). The lowest BCUT2D eigenvalue weighted by molar-refractivity contribution is 0.399. The zero-order chi connectivity index (χ0) is 9.84. The van der Waals surface area contributed by atoms with Crippen LogP contribution in [0.5, 0.6) is 0 Å². The summed E-state index contributed by atoms with van der Waals surface area (Å²) in [6.07, 6.45) is 2.22. The second kappa shape index (κ2) is 5.11. The quantitative estimate of drug-likeness (QED) is 0.737. The van der Waals surface area contributed by atoms with E-state index < -0.39 is 10.8 Å². The van der Waals surface area contributed by atoms with Crippen LogP contribution >= 0.6 is 0 Å². The maximum atomic E-state index is 11.7. The van der Waals surface area contributed by atoms with Crippen molar-refractivity contribution in [2.75, 3.05) is 12.3 Å². The molecule has 4 atom stereocenters. The average molecular weight is 203 g/mol. The predicted molar refractivity (Wildman–Crippen MR) is 58.3 cm³/mol. The lowest BCUT2D eigenvalue weighted by Gasteiger charge is -2.21. The van der Waals surface area contributed by atoms with Gasteiger partial charge in [0.2, 0.25) is 0 Å². The topological polar surface area (TPSA) is 29.1 Å². The molecule has 0 saturated carbocycles. The standard InChI is InChI=1S/C10H21NOS/c1-4-8(2)10-7-13(12)9(3)5-6-11-10/h8-11H,4-7H2,1-3H3. The minimum Gasteiger partial charge on any atom is -0.313 e. The fraction of sp³-hybridized carbons (Fsp3) is 1.00. The number of hydrogen-bond acceptors (Lipinski definition) is 2. The Bertz CT molecular complexity index is 184. The molecule has 0 bridgehead atoms. The summed E-state index contributed by atoms with van der Waals surface area (Å²) in [5, 5.41) is 3.88. The van der Waals surface area contributed by atoms with E-state index in [2.05, 4.69) is 26.1 Å². The van der Waals surface area contributed by atoms with Gasteiger partial charge in [-0.15, -0.1) is 0 Å². The Morgan fingerprint density at radius 1 is 1.62 bits per heavy atom. The van der Waals surface area contributed by atoms with E-state index >= 15 is 0 Å². The molecule has 0 radical (unpaired) electrons. The molecule has 1 aliphatic heterocycles. The molecule has 1 aliphatic rings. The third-order valence-corrected chi connectivity index (χ3v) is 4.90. The third-order valence-electron chi connectivity index (χ3n) is 3.08. The average Bonchev–Trinajstić information content (AvgIpc) is 2.28. The number of rotatable bonds is 2. The Balaban J connectivity index is 2.53. The minimum atomic E-state index is -0.617. The summed E-state index contributed by atoms with van der Waals surface area (Å²) in [6.45, 7) is 7.56. The highest BCUT2D eigenvalue weighted by Gasteiger charge is 2.24. The summed E-state index contributed by atoms with van der Waals surface area (Å²) in [7, 11) is -0.617. The molecule has 0 amide bonds. The van der Waals surface area contributed by atoms with Crippen LogP contribution in [0.25, 0.3) is 0 Å². The molecule has 1 fully saturated rings. The lowest BCUT2D eigenvalue weighted by Crippen LogP contribution is -2.37. The van der Waals surface area contributed by atoms with Crippen LogP contribution in [0.4, 0.5) is 0 Å². The van der Waals surface area contributed by atoms with Crippen LogP contribution in [-0.2, 0) is 10.8 Å². The highest BCUT2D eigenvalue weighted by Crippen LogP contribution is 2.14. The van der Waals surface area contributed by atoms with Crippen molar-refractivity contribution in [2.24, 2.45) is 5.92 Å². The van der Waals surface area contributed by atoms with Crippen molar-refractivity contribution in [3.63, 3.8) is 0 Å². The van der Waals surface area contributed by atoms with Crippen LogP contribution in [-0.4, -0.2) is 27.8 Å². The first-order valence-corrected chi connectivity index (χ1v) is 6.64. The number of nitrogens with one attached hydrogen (secondary N) is 1. The third kappa shape index (κ3) is 3.06. The van der Waals surface area contributed by atoms with Crippen LogP contribution in [0.2, 0.25) is 0 Å².